The van der Waals surface area contributed by atoms with E-state index in [1.165, 1.54) is 17.7 Å². The van der Waals surface area contributed by atoms with Crippen molar-refractivity contribution in [2.45, 2.75) is 12.8 Å². The number of ether oxygens (including phenoxy) is 1. The fourth-order valence-corrected chi connectivity index (χ4v) is 2.73. The zero-order valence-corrected chi connectivity index (χ0v) is 15.6. The Balaban J connectivity index is 1.46. The van der Waals surface area contributed by atoms with E-state index in [9.17, 15) is 9.18 Å². The number of rotatable bonds is 8. The number of carbonyl (C=O) groups excluding carboxylic acids is 1. The van der Waals surface area contributed by atoms with Crippen LogP contribution in [0.3, 0.4) is 0 Å². The van der Waals surface area contributed by atoms with Gasteiger partial charge in [-0.3, -0.25) is 4.79 Å². The summed E-state index contributed by atoms with van der Waals surface area (Å²) in [6.45, 7) is 0.733. The molecule has 144 valence electrons. The summed E-state index contributed by atoms with van der Waals surface area (Å²) in [4.78, 5) is 16.4. The number of benzene rings is 2. The third-order valence-electron chi connectivity index (χ3n) is 4.18. The molecule has 5 nitrogen and oxygen atoms in total. The second-order valence-electron chi connectivity index (χ2n) is 6.31. The van der Waals surface area contributed by atoms with Gasteiger partial charge in [0.2, 0.25) is 5.91 Å². The van der Waals surface area contributed by atoms with E-state index in [0.29, 0.717) is 5.69 Å². The van der Waals surface area contributed by atoms with Crippen LogP contribution in [0.15, 0.2) is 66.9 Å². The van der Waals surface area contributed by atoms with Crippen molar-refractivity contribution in [1.29, 1.82) is 0 Å². The number of aromatic nitrogens is 1. The Morgan fingerprint density at radius 2 is 1.89 bits per heavy atom. The fraction of sp³-hybridized carbons (Fsp3) is 0.182. The van der Waals surface area contributed by atoms with Gasteiger partial charge in [0.1, 0.15) is 17.4 Å². The lowest BCUT2D eigenvalue weighted by Crippen LogP contribution is -2.14. The van der Waals surface area contributed by atoms with Crippen LogP contribution in [0, 0.1) is 5.82 Å². The average molecular weight is 379 g/mol. The smallest absolute Gasteiger partial charge is 0.228 e. The fourth-order valence-electron chi connectivity index (χ4n) is 2.73. The molecular formula is C22H22FN3O2. The van der Waals surface area contributed by atoms with Crippen molar-refractivity contribution in [2.24, 2.45) is 0 Å². The minimum Gasteiger partial charge on any atom is -0.497 e. The molecule has 3 rings (SSSR count). The molecule has 0 aliphatic heterocycles. The highest BCUT2D eigenvalue weighted by molar-refractivity contribution is 5.92. The van der Waals surface area contributed by atoms with Gasteiger partial charge in [0.25, 0.3) is 0 Å². The number of hydrogen-bond acceptors (Lipinski definition) is 4. The van der Waals surface area contributed by atoms with Crippen LogP contribution >= 0.6 is 0 Å². The van der Waals surface area contributed by atoms with E-state index in [4.69, 9.17) is 4.74 Å². The lowest BCUT2D eigenvalue weighted by atomic mass is 10.1. The van der Waals surface area contributed by atoms with Crippen molar-refractivity contribution in [1.82, 2.24) is 4.98 Å². The second-order valence-corrected chi connectivity index (χ2v) is 6.31. The Kier molecular flexibility index (Phi) is 6.57. The van der Waals surface area contributed by atoms with Crippen molar-refractivity contribution in [3.63, 3.8) is 0 Å². The Labute approximate surface area is 163 Å². The molecule has 3 aromatic rings. The first-order valence-corrected chi connectivity index (χ1v) is 8.99. The highest BCUT2D eigenvalue weighted by Gasteiger charge is 2.05. The first-order chi connectivity index (χ1) is 13.6. The minimum absolute atomic E-state index is 0.174. The van der Waals surface area contributed by atoms with Crippen LogP contribution in [0.1, 0.15) is 11.1 Å². The maximum atomic E-state index is 12.9. The molecule has 28 heavy (non-hydrogen) atoms. The number of amides is 1. The Morgan fingerprint density at radius 3 is 2.61 bits per heavy atom. The monoisotopic (exact) mass is 379 g/mol. The molecule has 0 atom stereocenters. The van der Waals surface area contributed by atoms with Gasteiger partial charge in [-0.25, -0.2) is 9.37 Å². The van der Waals surface area contributed by atoms with Gasteiger partial charge in [-0.2, -0.15) is 0 Å². The molecule has 1 aromatic heterocycles. The molecule has 1 amide bonds. The molecule has 0 radical (unpaired) electrons. The first kappa shape index (κ1) is 19.4. The molecule has 0 bridgehead atoms. The van der Waals surface area contributed by atoms with E-state index in [0.717, 1.165) is 30.1 Å². The summed E-state index contributed by atoms with van der Waals surface area (Å²) in [6.07, 6.45) is 2.63. The number of nitrogens with zero attached hydrogens (tertiary/aromatic N) is 1. The van der Waals surface area contributed by atoms with Crippen molar-refractivity contribution in [3.8, 4) is 5.75 Å². The van der Waals surface area contributed by atoms with Gasteiger partial charge in [-0.15, -0.1) is 0 Å². The van der Waals surface area contributed by atoms with E-state index in [1.807, 2.05) is 24.3 Å². The predicted molar refractivity (Wildman–Crippen MR) is 108 cm³/mol. The van der Waals surface area contributed by atoms with Crippen LogP contribution in [0.25, 0.3) is 0 Å². The molecule has 6 heteroatoms. The van der Waals surface area contributed by atoms with Crippen LogP contribution in [-0.4, -0.2) is 24.5 Å². The van der Waals surface area contributed by atoms with Gasteiger partial charge in [0.05, 0.1) is 25.4 Å². The van der Waals surface area contributed by atoms with Gasteiger partial charge in [0, 0.05) is 6.54 Å². The molecule has 0 aliphatic rings. The number of pyridine rings is 1. The van der Waals surface area contributed by atoms with Crippen LogP contribution < -0.4 is 15.4 Å². The Bertz CT molecular complexity index is 912. The lowest BCUT2D eigenvalue weighted by Gasteiger charge is -2.09. The molecule has 0 saturated heterocycles. The van der Waals surface area contributed by atoms with Gasteiger partial charge in [-0.1, -0.05) is 24.3 Å². The Morgan fingerprint density at radius 1 is 1.07 bits per heavy atom. The van der Waals surface area contributed by atoms with Gasteiger partial charge in [0.15, 0.2) is 0 Å². The molecule has 1 heterocycles. The van der Waals surface area contributed by atoms with E-state index in [1.54, 1.807) is 31.5 Å². The number of hydrogen-bond donors (Lipinski definition) is 2. The maximum absolute atomic E-state index is 12.9. The predicted octanol–water partition coefficient (Wildman–Crippen LogP) is 4.07. The van der Waals surface area contributed by atoms with E-state index < -0.39 is 0 Å². The standard InChI is InChI=1S/C22H22FN3O2/c1-28-20-4-2-3-16(13-20)11-12-24-21-10-9-19(15-25-21)26-22(27)14-17-5-7-18(23)8-6-17/h2-10,13,15H,11-12,14H2,1H3,(H,24,25)(H,26,27). The van der Waals surface area contributed by atoms with Crippen LogP contribution in [0.5, 0.6) is 5.75 Å². The first-order valence-electron chi connectivity index (χ1n) is 8.99. The summed E-state index contributed by atoms with van der Waals surface area (Å²) >= 11 is 0. The maximum Gasteiger partial charge on any atom is 0.228 e. The molecule has 0 fully saturated rings. The Hall–Kier alpha value is -3.41. The third kappa shape index (κ3) is 5.81. The van der Waals surface area contributed by atoms with Crippen molar-refractivity contribution < 1.29 is 13.9 Å². The highest BCUT2D eigenvalue weighted by Crippen LogP contribution is 2.14. The zero-order valence-electron chi connectivity index (χ0n) is 15.6. The number of methoxy groups -OCH3 is 1. The van der Waals surface area contributed by atoms with Gasteiger partial charge < -0.3 is 15.4 Å². The van der Waals surface area contributed by atoms with Crippen LogP contribution in [-0.2, 0) is 17.6 Å². The number of carbonyl (C=O) groups is 1. The molecule has 2 N–H and O–H groups in total. The molecule has 0 saturated carbocycles. The SMILES string of the molecule is COc1cccc(CCNc2ccc(NC(=O)Cc3ccc(F)cc3)cn2)c1. The summed E-state index contributed by atoms with van der Waals surface area (Å²) in [5, 5.41) is 6.05. The number of halogens is 1. The zero-order chi connectivity index (χ0) is 19.8. The third-order valence-corrected chi connectivity index (χ3v) is 4.18. The topological polar surface area (TPSA) is 63.2 Å². The van der Waals surface area contributed by atoms with Crippen LogP contribution in [0.4, 0.5) is 15.9 Å². The quantitative estimate of drug-likeness (QED) is 0.619. The minimum atomic E-state index is -0.317. The molecular weight excluding hydrogens is 357 g/mol. The summed E-state index contributed by atoms with van der Waals surface area (Å²) in [5.41, 5.74) is 2.55. The van der Waals surface area contributed by atoms with Crippen molar-refractivity contribution in [2.75, 3.05) is 24.3 Å². The average Bonchev–Trinajstić information content (AvgIpc) is 2.71. The summed E-state index contributed by atoms with van der Waals surface area (Å²) in [5.74, 6) is 1.09. The van der Waals surface area contributed by atoms with Crippen molar-refractivity contribution in [3.05, 3.63) is 83.8 Å². The largest absolute Gasteiger partial charge is 0.497 e. The van der Waals surface area contributed by atoms with Gasteiger partial charge in [-0.05, 0) is 53.9 Å². The molecule has 0 aliphatic carbocycles. The summed E-state index contributed by atoms with van der Waals surface area (Å²) in [6, 6.07) is 17.4. The molecule has 0 spiro atoms. The highest BCUT2D eigenvalue weighted by atomic mass is 19.1. The molecule has 2 aromatic carbocycles. The lowest BCUT2D eigenvalue weighted by molar-refractivity contribution is -0.115. The number of anilines is 2. The summed E-state index contributed by atoms with van der Waals surface area (Å²) in [7, 11) is 1.65. The number of nitrogens with one attached hydrogen (secondary N) is 2. The molecule has 0 unspecified atom stereocenters. The van der Waals surface area contributed by atoms with Crippen molar-refractivity contribution >= 4 is 17.4 Å². The van der Waals surface area contributed by atoms with Gasteiger partial charge >= 0.3 is 0 Å². The second kappa shape index (κ2) is 9.50. The normalized spacial score (nSPS) is 10.4. The summed E-state index contributed by atoms with van der Waals surface area (Å²) < 4.78 is 18.1. The van der Waals surface area contributed by atoms with E-state index in [-0.39, 0.29) is 18.1 Å². The van der Waals surface area contributed by atoms with Crippen LogP contribution in [0.2, 0.25) is 0 Å². The van der Waals surface area contributed by atoms with E-state index in [2.05, 4.69) is 21.7 Å². The van der Waals surface area contributed by atoms with E-state index >= 15 is 0 Å².